The summed E-state index contributed by atoms with van der Waals surface area (Å²) in [6, 6.07) is 3.44. The summed E-state index contributed by atoms with van der Waals surface area (Å²) in [6.45, 7) is 6.37. The Morgan fingerprint density at radius 2 is 1.93 bits per heavy atom. The lowest BCUT2D eigenvalue weighted by atomic mass is 10.1. The van der Waals surface area contributed by atoms with E-state index in [1.165, 1.54) is 0 Å². The Kier molecular flexibility index (Phi) is 3.72. The molecule has 3 heteroatoms. The van der Waals surface area contributed by atoms with Crippen LogP contribution < -0.4 is 4.74 Å². The molecule has 15 heavy (non-hydrogen) atoms. The summed E-state index contributed by atoms with van der Waals surface area (Å²) in [6.07, 6.45) is 0.867. The van der Waals surface area contributed by atoms with Crippen molar-refractivity contribution in [2.24, 2.45) is 0 Å². The highest BCUT2D eigenvalue weighted by Gasteiger charge is 2.12. The van der Waals surface area contributed by atoms with Gasteiger partial charge in [0.1, 0.15) is 11.3 Å². The second-order valence-electron chi connectivity index (χ2n) is 3.59. The van der Waals surface area contributed by atoms with Crippen molar-refractivity contribution in [2.45, 2.75) is 27.2 Å². The average Bonchev–Trinajstić information content (AvgIpc) is 2.19. The number of rotatable bonds is 4. The minimum absolute atomic E-state index is 0.242. The number of benzene rings is 1. The topological polar surface area (TPSA) is 46.5 Å². The molecule has 0 aromatic heterocycles. The highest BCUT2D eigenvalue weighted by atomic mass is 16.5. The quantitative estimate of drug-likeness (QED) is 0.827. The monoisotopic (exact) mass is 208 g/mol. The number of hydrogen-bond acceptors (Lipinski definition) is 2. The van der Waals surface area contributed by atoms with Gasteiger partial charge in [0.25, 0.3) is 0 Å². The van der Waals surface area contributed by atoms with E-state index in [1.807, 2.05) is 20.8 Å². The third-order valence-corrected chi connectivity index (χ3v) is 2.29. The molecule has 0 saturated heterocycles. The predicted molar refractivity (Wildman–Crippen MR) is 58.7 cm³/mol. The average molecular weight is 208 g/mol. The van der Waals surface area contributed by atoms with Gasteiger partial charge in [0.05, 0.1) is 6.61 Å². The minimum Gasteiger partial charge on any atom is -0.493 e. The SMILES string of the molecule is CCCOc1cc(C)c(C)cc1C(=O)O. The summed E-state index contributed by atoms with van der Waals surface area (Å²) >= 11 is 0. The van der Waals surface area contributed by atoms with Gasteiger partial charge >= 0.3 is 5.97 Å². The highest BCUT2D eigenvalue weighted by molar-refractivity contribution is 5.91. The summed E-state index contributed by atoms with van der Waals surface area (Å²) in [4.78, 5) is 11.0. The van der Waals surface area contributed by atoms with Crippen molar-refractivity contribution in [3.05, 3.63) is 28.8 Å². The number of hydrogen-bond donors (Lipinski definition) is 1. The van der Waals surface area contributed by atoms with Crippen molar-refractivity contribution in [3.8, 4) is 5.75 Å². The van der Waals surface area contributed by atoms with Crippen LogP contribution in [0.15, 0.2) is 12.1 Å². The number of ether oxygens (including phenoxy) is 1. The van der Waals surface area contributed by atoms with Crippen molar-refractivity contribution < 1.29 is 14.6 Å². The van der Waals surface area contributed by atoms with E-state index in [1.54, 1.807) is 12.1 Å². The Balaban J connectivity index is 3.10. The second-order valence-corrected chi connectivity index (χ2v) is 3.59. The lowest BCUT2D eigenvalue weighted by Gasteiger charge is -2.10. The molecule has 1 rings (SSSR count). The maximum Gasteiger partial charge on any atom is 0.339 e. The summed E-state index contributed by atoms with van der Waals surface area (Å²) in [7, 11) is 0. The fourth-order valence-corrected chi connectivity index (χ4v) is 1.29. The Bertz CT molecular complexity index is 369. The molecule has 0 aliphatic carbocycles. The van der Waals surface area contributed by atoms with Crippen LogP contribution in [0.4, 0.5) is 0 Å². The van der Waals surface area contributed by atoms with E-state index in [4.69, 9.17) is 9.84 Å². The molecule has 0 fully saturated rings. The van der Waals surface area contributed by atoms with Gasteiger partial charge in [-0.05, 0) is 43.5 Å². The number of aryl methyl sites for hydroxylation is 2. The molecule has 0 aliphatic heterocycles. The van der Waals surface area contributed by atoms with E-state index in [0.29, 0.717) is 12.4 Å². The molecule has 0 unspecified atom stereocenters. The molecule has 3 nitrogen and oxygen atoms in total. The minimum atomic E-state index is -0.941. The fraction of sp³-hybridized carbons (Fsp3) is 0.417. The first kappa shape index (κ1) is 11.6. The van der Waals surface area contributed by atoms with Gasteiger partial charge in [-0.2, -0.15) is 0 Å². The van der Waals surface area contributed by atoms with Crippen LogP contribution in [0.5, 0.6) is 5.75 Å². The van der Waals surface area contributed by atoms with Gasteiger partial charge in [0.15, 0.2) is 0 Å². The van der Waals surface area contributed by atoms with Crippen LogP contribution >= 0.6 is 0 Å². The Morgan fingerprint density at radius 3 is 2.47 bits per heavy atom. The molecule has 0 atom stereocenters. The number of carbonyl (C=O) groups is 1. The molecule has 82 valence electrons. The molecular weight excluding hydrogens is 192 g/mol. The van der Waals surface area contributed by atoms with Gasteiger partial charge in [-0.3, -0.25) is 0 Å². The van der Waals surface area contributed by atoms with Crippen molar-refractivity contribution in [2.75, 3.05) is 6.61 Å². The van der Waals surface area contributed by atoms with E-state index in [2.05, 4.69) is 0 Å². The van der Waals surface area contributed by atoms with Gasteiger partial charge in [-0.25, -0.2) is 4.79 Å². The summed E-state index contributed by atoms with van der Waals surface area (Å²) in [5, 5.41) is 9.00. The first-order valence-corrected chi connectivity index (χ1v) is 5.03. The number of carboxylic acids is 1. The van der Waals surface area contributed by atoms with E-state index < -0.39 is 5.97 Å². The van der Waals surface area contributed by atoms with Crippen LogP contribution in [0.1, 0.15) is 34.8 Å². The standard InChI is InChI=1S/C12H16O3/c1-4-5-15-11-7-9(3)8(2)6-10(11)12(13)14/h6-7H,4-5H2,1-3H3,(H,13,14). The number of aromatic carboxylic acids is 1. The van der Waals surface area contributed by atoms with Crippen molar-refractivity contribution >= 4 is 5.97 Å². The first-order chi connectivity index (χ1) is 7.06. The van der Waals surface area contributed by atoms with Crippen molar-refractivity contribution in [3.63, 3.8) is 0 Å². The van der Waals surface area contributed by atoms with Crippen LogP contribution in [0, 0.1) is 13.8 Å². The lowest BCUT2D eigenvalue weighted by molar-refractivity contribution is 0.0692. The van der Waals surface area contributed by atoms with E-state index in [0.717, 1.165) is 17.5 Å². The third-order valence-electron chi connectivity index (χ3n) is 2.29. The van der Waals surface area contributed by atoms with E-state index in [-0.39, 0.29) is 5.56 Å². The molecule has 0 amide bonds. The zero-order chi connectivity index (χ0) is 11.4. The molecule has 0 radical (unpaired) electrons. The van der Waals surface area contributed by atoms with Crippen molar-refractivity contribution in [1.29, 1.82) is 0 Å². The van der Waals surface area contributed by atoms with Crippen LogP contribution in [-0.2, 0) is 0 Å². The zero-order valence-electron chi connectivity index (χ0n) is 9.33. The predicted octanol–water partition coefficient (Wildman–Crippen LogP) is 2.79. The molecule has 0 aliphatic rings. The van der Waals surface area contributed by atoms with Gasteiger partial charge in [0, 0.05) is 0 Å². The summed E-state index contributed by atoms with van der Waals surface area (Å²) in [5.74, 6) is -0.475. The van der Waals surface area contributed by atoms with Crippen LogP contribution in [0.25, 0.3) is 0 Å². The summed E-state index contributed by atoms with van der Waals surface area (Å²) in [5.41, 5.74) is 2.26. The maximum atomic E-state index is 11.0. The third kappa shape index (κ3) is 2.72. The molecule has 0 heterocycles. The molecule has 0 spiro atoms. The second kappa shape index (κ2) is 4.82. The molecule has 0 bridgehead atoms. The number of carboxylic acid groups (broad SMARTS) is 1. The molecule has 0 saturated carbocycles. The fourth-order valence-electron chi connectivity index (χ4n) is 1.29. The highest BCUT2D eigenvalue weighted by Crippen LogP contribution is 2.23. The van der Waals surface area contributed by atoms with E-state index >= 15 is 0 Å². The van der Waals surface area contributed by atoms with Gasteiger partial charge < -0.3 is 9.84 Å². The van der Waals surface area contributed by atoms with Crippen LogP contribution in [-0.4, -0.2) is 17.7 Å². The van der Waals surface area contributed by atoms with E-state index in [9.17, 15) is 4.79 Å². The van der Waals surface area contributed by atoms with Crippen molar-refractivity contribution in [1.82, 2.24) is 0 Å². The summed E-state index contributed by atoms with van der Waals surface area (Å²) < 4.78 is 5.40. The van der Waals surface area contributed by atoms with Gasteiger partial charge in [0.2, 0.25) is 0 Å². The first-order valence-electron chi connectivity index (χ1n) is 5.03. The Labute approximate surface area is 89.7 Å². The molecule has 1 aromatic rings. The van der Waals surface area contributed by atoms with Gasteiger partial charge in [-0.15, -0.1) is 0 Å². The normalized spacial score (nSPS) is 10.1. The van der Waals surface area contributed by atoms with Gasteiger partial charge in [-0.1, -0.05) is 6.92 Å². The molecule has 1 N–H and O–H groups in total. The largest absolute Gasteiger partial charge is 0.493 e. The Morgan fingerprint density at radius 1 is 1.33 bits per heavy atom. The maximum absolute atomic E-state index is 11.0. The molecule has 1 aromatic carbocycles. The van der Waals surface area contributed by atoms with Crippen LogP contribution in [0.3, 0.4) is 0 Å². The van der Waals surface area contributed by atoms with Crippen LogP contribution in [0.2, 0.25) is 0 Å². The molecular formula is C12H16O3. The smallest absolute Gasteiger partial charge is 0.339 e. The zero-order valence-corrected chi connectivity index (χ0v) is 9.33. The lowest BCUT2D eigenvalue weighted by Crippen LogP contribution is -2.05. The Hall–Kier alpha value is -1.51.